The molecule has 0 spiro atoms. The van der Waals surface area contributed by atoms with E-state index in [2.05, 4.69) is 10.6 Å². The van der Waals surface area contributed by atoms with Crippen molar-refractivity contribution < 1.29 is 107 Å². The van der Waals surface area contributed by atoms with Crippen LogP contribution in [0.4, 0.5) is 0 Å². The molecule has 11 atom stereocenters. The van der Waals surface area contributed by atoms with Gasteiger partial charge in [0.05, 0.1) is 18.6 Å². The van der Waals surface area contributed by atoms with Gasteiger partial charge in [0, 0.05) is 32.0 Å². The van der Waals surface area contributed by atoms with Crippen LogP contribution in [0.1, 0.15) is 122 Å². The van der Waals surface area contributed by atoms with E-state index in [9.17, 15) is 52.6 Å². The van der Waals surface area contributed by atoms with Crippen molar-refractivity contribution in [2.45, 2.75) is 185 Å². The van der Waals surface area contributed by atoms with Gasteiger partial charge in [0.1, 0.15) is 28.4 Å². The number of ether oxygens (including phenoxy) is 3. The zero-order valence-electron chi connectivity index (χ0n) is 38.4. The number of hydrogen-bond acceptors (Lipinski definition) is 15. The normalized spacial score (nSPS) is 38.9. The number of carboxylic acids is 2. The molecule has 0 aromatic carbocycles. The van der Waals surface area contributed by atoms with E-state index < -0.39 is 109 Å². The SMILES string of the molecule is CC1(C(=O)NC(CC(=O)O)C(=O)O)O[C@@](C)(O)C(C)(O)[C@](C)(O)C1(C)C.CO.CO[C@]1(C)OC(C)(CO)[C@](C)(OS(=O)(=O)O)C(C)(C)C1(C)NC(C)=O.[NH-]C1CCCCC1[NH-].[Pt+2]. The number of carbonyl (C=O) groups excluding carboxylic acids is 2. The van der Waals surface area contributed by atoms with Crippen molar-refractivity contribution in [3.63, 3.8) is 0 Å². The van der Waals surface area contributed by atoms with Gasteiger partial charge in [0.2, 0.25) is 5.91 Å². The molecule has 2 saturated heterocycles. The Morgan fingerprint density at radius 1 is 0.806 bits per heavy atom. The van der Waals surface area contributed by atoms with Crippen molar-refractivity contribution in [2.75, 3.05) is 20.8 Å². The topological polar surface area (TPSA) is 373 Å². The van der Waals surface area contributed by atoms with Crippen LogP contribution in [-0.4, -0.2) is 157 Å². The van der Waals surface area contributed by atoms with E-state index in [0.717, 1.165) is 33.8 Å². The number of hydrogen-bond donors (Lipinski definition) is 10. The second-order valence-electron chi connectivity index (χ2n) is 18.0. The molecule has 3 rings (SSSR count). The Hall–Kier alpha value is -1.96. The number of aliphatic hydroxyl groups excluding tert-OH is 2. The number of carboxylic acid groups (broad SMARTS) is 2. The molecule has 3 fully saturated rings. The van der Waals surface area contributed by atoms with Crippen molar-refractivity contribution in [3.8, 4) is 0 Å². The van der Waals surface area contributed by atoms with Gasteiger partial charge in [-0.1, -0.05) is 53.4 Å². The summed E-state index contributed by atoms with van der Waals surface area (Å²) in [6.45, 7) is 17.5. The van der Waals surface area contributed by atoms with Gasteiger partial charge in [0.15, 0.2) is 17.2 Å². The molecule has 0 radical (unpaired) electrons. The first-order valence-electron chi connectivity index (χ1n) is 19.4. The fraction of sp³-hybridized carbons (Fsp3) is 0.895. The Bertz CT molecular complexity index is 1670. The summed E-state index contributed by atoms with van der Waals surface area (Å²) in [6, 6.07) is -1.90. The molecule has 24 heteroatoms. The van der Waals surface area contributed by atoms with Crippen LogP contribution in [0.3, 0.4) is 0 Å². The second-order valence-corrected chi connectivity index (χ2v) is 19.0. The minimum Gasteiger partial charge on any atom is -0.676 e. The van der Waals surface area contributed by atoms with Crippen LogP contribution in [0, 0.1) is 10.8 Å². The Labute approximate surface area is 379 Å². The standard InChI is InChI=1S/C16H27NO9.C15H29NO8S.C6H12N2.CH4O.Pt/c1-12(2)13(3,11(22)17-8(10(20)21)7-9(18)19)26-16(6,25)15(5,24)14(12,4)23;1-10(18)16-13(5)11(2,3)14(6,24-25(19,20)21)12(4,9-17)23-15(13,7)22-8;7-5-3-1-2-4-6(5)8;1-2;/h8,23-25H,7H2,1-6H3,(H,17,22)(H,18,19)(H,20,21);17H,9H2,1-8H3,(H,16,18)(H,19,20,21);5-8H,1-4H2;2H,1H3;/q;;-2;;+2/t8?,13?,14-,15?,16-;12?,13?,14-,15-;;;/m11.../s1. The number of aliphatic carboxylic acids is 2. The van der Waals surface area contributed by atoms with Crippen molar-refractivity contribution in [3.05, 3.63) is 11.5 Å². The van der Waals surface area contributed by atoms with E-state index >= 15 is 0 Å². The van der Waals surface area contributed by atoms with Gasteiger partial charge in [-0.2, -0.15) is 20.5 Å². The number of rotatable bonds is 10. The van der Waals surface area contributed by atoms with Crippen molar-refractivity contribution in [1.82, 2.24) is 10.6 Å². The van der Waals surface area contributed by atoms with Gasteiger partial charge in [-0.3, -0.25) is 18.9 Å². The van der Waals surface area contributed by atoms with Gasteiger partial charge < -0.3 is 72.1 Å². The monoisotopic (exact) mass is 1100 g/mol. The summed E-state index contributed by atoms with van der Waals surface area (Å²) in [7, 11) is -2.53. The maximum absolute atomic E-state index is 12.8. The molecule has 2 heterocycles. The fourth-order valence-corrected chi connectivity index (χ4v) is 8.88. The number of methoxy groups -OCH3 is 1. The van der Waals surface area contributed by atoms with Crippen LogP contribution in [0.25, 0.3) is 11.5 Å². The van der Waals surface area contributed by atoms with E-state index in [4.69, 9.17) is 45.2 Å². The van der Waals surface area contributed by atoms with Crippen molar-refractivity contribution in [2.24, 2.45) is 10.8 Å². The molecule has 22 nitrogen and oxygen atoms in total. The Morgan fingerprint density at radius 2 is 1.24 bits per heavy atom. The predicted octanol–water partition coefficient (Wildman–Crippen LogP) is 1.69. The Balaban J connectivity index is 0. The third kappa shape index (κ3) is 11.5. The van der Waals surface area contributed by atoms with E-state index in [1.165, 1.54) is 68.4 Å². The largest absolute Gasteiger partial charge is 2.00 e. The molecule has 7 unspecified atom stereocenters. The summed E-state index contributed by atoms with van der Waals surface area (Å²) in [6.07, 6.45) is 3.37. The number of amides is 2. The average Bonchev–Trinajstić information content (AvgIpc) is 3.10. The first-order valence-corrected chi connectivity index (χ1v) is 20.8. The van der Waals surface area contributed by atoms with E-state index in [1.807, 2.05) is 0 Å². The summed E-state index contributed by atoms with van der Waals surface area (Å²) < 4.78 is 54.4. The molecule has 0 aromatic heterocycles. The second kappa shape index (κ2) is 21.1. The molecular weight excluding hydrogens is 1030 g/mol. The van der Waals surface area contributed by atoms with E-state index in [-0.39, 0.29) is 33.1 Å². The molecule has 12 N–H and O–H groups in total. The molecule has 0 aromatic rings. The number of carbonyl (C=O) groups is 4. The predicted molar refractivity (Wildman–Crippen MR) is 219 cm³/mol. The van der Waals surface area contributed by atoms with Crippen LogP contribution in [0.2, 0.25) is 0 Å². The van der Waals surface area contributed by atoms with E-state index in [1.54, 1.807) is 27.7 Å². The van der Waals surface area contributed by atoms with Crippen LogP contribution < -0.4 is 10.6 Å². The molecule has 1 aliphatic carbocycles. The third-order valence-electron chi connectivity index (χ3n) is 14.0. The molecule has 3 aliphatic rings. The summed E-state index contributed by atoms with van der Waals surface area (Å²) in [5, 5.41) is 71.8. The van der Waals surface area contributed by atoms with Crippen molar-refractivity contribution in [1.29, 1.82) is 0 Å². The molecular formula is C38H72N4O18PtS. The van der Waals surface area contributed by atoms with Gasteiger partial charge in [-0.15, -0.1) is 0 Å². The Morgan fingerprint density at radius 3 is 1.56 bits per heavy atom. The molecule has 2 amide bonds. The minimum atomic E-state index is -4.90. The fourth-order valence-electron chi connectivity index (χ4n) is 8.07. The first kappa shape index (κ1) is 62.1. The number of aliphatic hydroxyl groups is 5. The molecule has 368 valence electrons. The van der Waals surface area contributed by atoms with Gasteiger partial charge in [0.25, 0.3) is 5.91 Å². The summed E-state index contributed by atoms with van der Waals surface area (Å²) in [5.74, 6) is -8.26. The van der Waals surface area contributed by atoms with Crippen LogP contribution >= 0.6 is 0 Å². The summed E-state index contributed by atoms with van der Waals surface area (Å²) >= 11 is 0. The maximum Gasteiger partial charge on any atom is 2.00 e. The van der Waals surface area contributed by atoms with Crippen LogP contribution in [0.5, 0.6) is 0 Å². The van der Waals surface area contributed by atoms with Gasteiger partial charge in [-0.25, -0.2) is 8.98 Å². The first-order chi connectivity index (χ1) is 27.1. The van der Waals surface area contributed by atoms with Crippen LogP contribution in [-0.2, 0) is 69.0 Å². The summed E-state index contributed by atoms with van der Waals surface area (Å²) in [5.41, 5.74) is 0.952. The average molecular weight is 1100 g/mol. The molecule has 1 saturated carbocycles. The number of nitrogens with one attached hydrogen (secondary N) is 4. The zero-order valence-corrected chi connectivity index (χ0v) is 41.4. The molecule has 62 heavy (non-hydrogen) atoms. The van der Waals surface area contributed by atoms with Gasteiger partial charge in [-0.05, 0) is 55.4 Å². The van der Waals surface area contributed by atoms with Crippen molar-refractivity contribution >= 4 is 34.2 Å². The molecule has 2 aliphatic heterocycles. The minimum absolute atomic E-state index is 0. The quantitative estimate of drug-likeness (QED) is 0.139. The smallest absolute Gasteiger partial charge is 0.676 e. The Kier molecular flexibility index (Phi) is 21.2. The molecule has 0 bridgehead atoms. The third-order valence-corrected chi connectivity index (χ3v) is 14.6. The van der Waals surface area contributed by atoms with Crippen LogP contribution in [0.15, 0.2) is 0 Å². The van der Waals surface area contributed by atoms with Gasteiger partial charge >= 0.3 is 43.4 Å². The van der Waals surface area contributed by atoms with E-state index in [0.29, 0.717) is 0 Å². The maximum atomic E-state index is 12.8. The summed E-state index contributed by atoms with van der Waals surface area (Å²) in [4.78, 5) is 46.7. The zero-order chi connectivity index (χ0) is 49.0.